The lowest BCUT2D eigenvalue weighted by Crippen LogP contribution is -2.74. The first-order valence-corrected chi connectivity index (χ1v) is 23.5. The zero-order chi connectivity index (χ0) is 38.7. The molecule has 3 heteroatoms. The van der Waals surface area contributed by atoms with Gasteiger partial charge in [-0.1, -0.05) is 176 Å². The normalized spacial score (nSPS) is 15.5. The Kier molecular flexibility index (Phi) is 7.10. The molecule has 9 aromatic carbocycles. The van der Waals surface area contributed by atoms with Gasteiger partial charge in [0.25, 0.3) is 0 Å². The Morgan fingerprint density at radius 1 is 0.356 bits per heavy atom. The second kappa shape index (κ2) is 12.6. The van der Waals surface area contributed by atoms with Gasteiger partial charge in [0, 0.05) is 48.5 Å². The summed E-state index contributed by atoms with van der Waals surface area (Å²) >= 11 is 1.89. The van der Waals surface area contributed by atoms with E-state index in [0.717, 1.165) is 0 Å². The highest BCUT2D eigenvalue weighted by atomic mass is 32.1. The molecule has 1 nitrogen and oxygen atoms in total. The van der Waals surface area contributed by atoms with E-state index < -0.39 is 8.07 Å². The molecule has 0 saturated carbocycles. The fraction of sp³-hybridized carbons (Fsp3) is 0.0357. The fourth-order valence-electron chi connectivity index (χ4n) is 11.2. The van der Waals surface area contributed by atoms with Crippen LogP contribution in [0.2, 0.25) is 0 Å². The molecule has 0 aliphatic heterocycles. The molecule has 2 bridgehead atoms. The van der Waals surface area contributed by atoms with Gasteiger partial charge in [0.2, 0.25) is 0 Å². The van der Waals surface area contributed by atoms with Gasteiger partial charge in [-0.15, -0.1) is 11.3 Å². The van der Waals surface area contributed by atoms with E-state index in [2.05, 4.69) is 217 Å². The van der Waals surface area contributed by atoms with Gasteiger partial charge >= 0.3 is 0 Å². The van der Waals surface area contributed by atoms with Crippen molar-refractivity contribution in [2.45, 2.75) is 11.8 Å². The summed E-state index contributed by atoms with van der Waals surface area (Å²) in [4.78, 5) is 0. The molecule has 0 amide bonds. The molecule has 276 valence electrons. The van der Waals surface area contributed by atoms with Crippen LogP contribution in [0.25, 0.3) is 47.7 Å². The molecule has 14 rings (SSSR count). The summed E-state index contributed by atoms with van der Waals surface area (Å²) in [5.74, 6) is 0.425. The number of benzene rings is 9. The molecule has 2 heterocycles. The Balaban J connectivity index is 1.10. The monoisotopic (exact) mass is 783 g/mol. The zero-order valence-electron chi connectivity index (χ0n) is 32.2. The van der Waals surface area contributed by atoms with Crippen molar-refractivity contribution in [1.82, 2.24) is 4.57 Å². The number of para-hydroxylation sites is 1. The molecule has 0 saturated heterocycles. The maximum Gasteiger partial charge on any atom is 0.179 e. The summed E-state index contributed by atoms with van der Waals surface area (Å²) in [6, 6.07) is 80.9. The Bertz CT molecular complexity index is 3380. The van der Waals surface area contributed by atoms with Crippen LogP contribution in [-0.4, -0.2) is 12.6 Å². The van der Waals surface area contributed by atoms with Gasteiger partial charge in [-0.25, -0.2) is 0 Å². The lowest BCUT2D eigenvalue weighted by Gasteiger charge is -2.42. The summed E-state index contributed by atoms with van der Waals surface area (Å²) in [6.07, 6.45) is 0. The molecule has 0 fully saturated rings. The number of hydrogen-bond acceptors (Lipinski definition) is 1. The first kappa shape index (κ1) is 33.2. The minimum atomic E-state index is -2.88. The van der Waals surface area contributed by atoms with Crippen LogP contribution in [0.1, 0.15) is 45.2 Å². The van der Waals surface area contributed by atoms with Crippen molar-refractivity contribution in [3.05, 3.63) is 246 Å². The summed E-state index contributed by atoms with van der Waals surface area (Å²) in [7, 11) is -2.88. The van der Waals surface area contributed by atoms with E-state index >= 15 is 0 Å². The standard InChI is InChI=1S/C56H37NSSi/c1-3-17-37(18-4-1)59(38-19-5-2-6-20-38,40-30-33-52-48(35-40)41-22-12-14-29-51(41)58-52)39-21-15-16-36(34-39)57-49-28-13-11-27-46(49)55-50(57)32-31-47-53-42-23-7-9-25-44(42)54(56(47)55)45-26-10-8-24-43(45)53/h1-35,53-54H. The van der Waals surface area contributed by atoms with Gasteiger partial charge in [0.05, 0.1) is 11.0 Å². The van der Waals surface area contributed by atoms with Crippen LogP contribution in [0, 0.1) is 0 Å². The fourth-order valence-corrected chi connectivity index (χ4v) is 17.1. The van der Waals surface area contributed by atoms with Crippen molar-refractivity contribution in [1.29, 1.82) is 0 Å². The molecule has 0 spiro atoms. The third-order valence-corrected chi connectivity index (χ3v) is 19.4. The SMILES string of the molecule is c1ccc([Si](c2ccccc2)(c2cccc(-n3c4ccccc4c4c5c(ccc43)C3c4ccccc4C5c4ccccc43)c2)c2ccc3sc4ccccc4c3c2)cc1. The van der Waals surface area contributed by atoms with Gasteiger partial charge in [-0.2, -0.15) is 0 Å². The molecule has 0 unspecified atom stereocenters. The lowest BCUT2D eigenvalue weighted by molar-refractivity contribution is 0.761. The van der Waals surface area contributed by atoms with Gasteiger partial charge in [-0.3, -0.25) is 0 Å². The number of thiophene rings is 1. The highest BCUT2D eigenvalue weighted by Crippen LogP contribution is 2.58. The highest BCUT2D eigenvalue weighted by Gasteiger charge is 2.44. The lowest BCUT2D eigenvalue weighted by atomic mass is 9.60. The van der Waals surface area contributed by atoms with E-state index in [0.29, 0.717) is 0 Å². The molecule has 2 aromatic heterocycles. The van der Waals surface area contributed by atoms with Crippen molar-refractivity contribution in [2.24, 2.45) is 0 Å². The van der Waals surface area contributed by atoms with E-state index in [1.165, 1.54) is 102 Å². The van der Waals surface area contributed by atoms with E-state index in [9.17, 15) is 0 Å². The molecule has 3 aliphatic carbocycles. The van der Waals surface area contributed by atoms with Crippen LogP contribution in [0.4, 0.5) is 0 Å². The molecular formula is C56H37NSSi. The smallest absolute Gasteiger partial charge is 0.179 e. The van der Waals surface area contributed by atoms with Crippen LogP contribution in [0.15, 0.2) is 212 Å². The van der Waals surface area contributed by atoms with Gasteiger partial charge in [-0.05, 0) is 90.5 Å². The van der Waals surface area contributed by atoms with Gasteiger partial charge in [0.15, 0.2) is 8.07 Å². The molecule has 3 aliphatic rings. The molecule has 11 aromatic rings. The van der Waals surface area contributed by atoms with Crippen LogP contribution >= 0.6 is 11.3 Å². The molecule has 59 heavy (non-hydrogen) atoms. The predicted molar refractivity (Wildman–Crippen MR) is 252 cm³/mol. The summed E-state index contributed by atoms with van der Waals surface area (Å²) in [5.41, 5.74) is 12.4. The quantitative estimate of drug-likeness (QED) is 0.121. The van der Waals surface area contributed by atoms with Crippen molar-refractivity contribution in [2.75, 3.05) is 0 Å². The van der Waals surface area contributed by atoms with E-state index in [4.69, 9.17) is 0 Å². The second-order valence-corrected chi connectivity index (χ2v) is 21.2. The highest BCUT2D eigenvalue weighted by molar-refractivity contribution is 7.26. The average Bonchev–Trinajstić information content (AvgIpc) is 3.86. The van der Waals surface area contributed by atoms with Crippen molar-refractivity contribution in [3.63, 3.8) is 0 Å². The Morgan fingerprint density at radius 2 is 0.915 bits per heavy atom. The van der Waals surface area contributed by atoms with E-state index in [1.807, 2.05) is 11.3 Å². The van der Waals surface area contributed by atoms with Crippen LogP contribution in [-0.2, 0) is 0 Å². The minimum Gasteiger partial charge on any atom is -0.309 e. The number of fused-ring (bicyclic) bond motifs is 6. The van der Waals surface area contributed by atoms with Crippen LogP contribution in [0.3, 0.4) is 0 Å². The van der Waals surface area contributed by atoms with Crippen LogP contribution in [0.5, 0.6) is 0 Å². The Labute approximate surface area is 348 Å². The largest absolute Gasteiger partial charge is 0.309 e. The number of nitrogens with zero attached hydrogens (tertiary/aromatic N) is 1. The summed E-state index contributed by atoms with van der Waals surface area (Å²) in [5, 5.41) is 10.9. The number of rotatable bonds is 5. The third-order valence-electron chi connectivity index (χ3n) is 13.5. The molecular weight excluding hydrogens is 747 g/mol. The zero-order valence-corrected chi connectivity index (χ0v) is 34.0. The predicted octanol–water partition coefficient (Wildman–Crippen LogP) is 11.5. The number of hydrogen-bond donors (Lipinski definition) is 0. The second-order valence-electron chi connectivity index (χ2n) is 16.3. The van der Waals surface area contributed by atoms with E-state index in [1.54, 1.807) is 0 Å². The molecule has 0 atom stereocenters. The minimum absolute atomic E-state index is 0.191. The summed E-state index contributed by atoms with van der Waals surface area (Å²) < 4.78 is 5.22. The third kappa shape index (κ3) is 4.54. The molecule has 0 N–H and O–H groups in total. The Hall–Kier alpha value is -6.78. The maximum absolute atomic E-state index is 2.88. The van der Waals surface area contributed by atoms with Crippen molar-refractivity contribution < 1.29 is 0 Å². The van der Waals surface area contributed by atoms with E-state index in [-0.39, 0.29) is 11.8 Å². The average molecular weight is 784 g/mol. The Morgan fingerprint density at radius 3 is 1.63 bits per heavy atom. The van der Waals surface area contributed by atoms with Crippen LogP contribution < -0.4 is 20.7 Å². The van der Waals surface area contributed by atoms with Gasteiger partial charge in [0.1, 0.15) is 0 Å². The molecule has 0 radical (unpaired) electrons. The van der Waals surface area contributed by atoms with Crippen molar-refractivity contribution >= 4 is 82.1 Å². The number of aromatic nitrogens is 1. The maximum atomic E-state index is 2.55. The first-order chi connectivity index (χ1) is 29.3. The van der Waals surface area contributed by atoms with Crippen molar-refractivity contribution in [3.8, 4) is 5.69 Å². The topological polar surface area (TPSA) is 4.93 Å². The summed E-state index contributed by atoms with van der Waals surface area (Å²) in [6.45, 7) is 0. The first-order valence-electron chi connectivity index (χ1n) is 20.7. The van der Waals surface area contributed by atoms with Gasteiger partial charge < -0.3 is 4.57 Å².